The maximum Gasteiger partial charge on any atom is 0.0486 e. The van der Waals surface area contributed by atoms with Crippen LogP contribution in [0.4, 0.5) is 0 Å². The molecule has 0 radical (unpaired) electrons. The lowest BCUT2D eigenvalue weighted by Crippen LogP contribution is -2.38. The van der Waals surface area contributed by atoms with Gasteiger partial charge in [-0.25, -0.2) is 0 Å². The van der Waals surface area contributed by atoms with Crippen LogP contribution in [0.5, 0.6) is 0 Å². The van der Waals surface area contributed by atoms with E-state index in [0.717, 1.165) is 29.2 Å². The average molecular weight is 325 g/mol. The van der Waals surface area contributed by atoms with E-state index in [4.69, 9.17) is 0 Å². The third kappa shape index (κ3) is 2.75. The largest absolute Gasteiger partial charge is 0.0839 e. The summed E-state index contributed by atoms with van der Waals surface area (Å²) in [6.07, 6.45) is 22.9. The van der Waals surface area contributed by atoms with Crippen molar-refractivity contribution in [2.45, 2.75) is 63.7 Å². The smallest absolute Gasteiger partial charge is 0.0486 e. The first-order chi connectivity index (χ1) is 11.1. The fraction of sp³-hybridized carbons (Fsp3) is 0.636. The SMILES string of the molecule is C[Si](C)(C)C(C1CCC2CC=CC=C21)C1CCC2CC=CC=C21. The van der Waals surface area contributed by atoms with E-state index in [1.54, 1.807) is 0 Å². The van der Waals surface area contributed by atoms with Crippen LogP contribution < -0.4 is 0 Å². The van der Waals surface area contributed by atoms with Crippen LogP contribution in [0.3, 0.4) is 0 Å². The zero-order valence-electron chi connectivity index (χ0n) is 15.1. The van der Waals surface area contributed by atoms with Crippen LogP contribution >= 0.6 is 0 Å². The third-order valence-corrected chi connectivity index (χ3v) is 9.81. The summed E-state index contributed by atoms with van der Waals surface area (Å²) in [7, 11) is -1.20. The molecule has 4 aliphatic rings. The Morgan fingerprint density at radius 3 is 1.70 bits per heavy atom. The van der Waals surface area contributed by atoms with Gasteiger partial charge in [0.1, 0.15) is 0 Å². The van der Waals surface area contributed by atoms with Crippen LogP contribution in [0, 0.1) is 23.7 Å². The van der Waals surface area contributed by atoms with Gasteiger partial charge < -0.3 is 0 Å². The van der Waals surface area contributed by atoms with Gasteiger partial charge in [0.15, 0.2) is 0 Å². The molecule has 0 saturated heterocycles. The number of hydrogen-bond acceptors (Lipinski definition) is 0. The zero-order chi connectivity index (χ0) is 16.0. The maximum absolute atomic E-state index is 2.64. The van der Waals surface area contributed by atoms with E-state index in [-0.39, 0.29) is 0 Å². The van der Waals surface area contributed by atoms with Crippen LogP contribution in [-0.4, -0.2) is 8.07 Å². The molecule has 0 heterocycles. The second kappa shape index (κ2) is 5.92. The molecular formula is C22H32Si. The van der Waals surface area contributed by atoms with Gasteiger partial charge in [-0.3, -0.25) is 0 Å². The summed E-state index contributed by atoms with van der Waals surface area (Å²) in [5, 5.41) is 0. The maximum atomic E-state index is 2.64. The Balaban J connectivity index is 1.69. The predicted octanol–water partition coefficient (Wildman–Crippen LogP) is 6.52. The molecule has 4 rings (SSSR count). The van der Waals surface area contributed by atoms with E-state index < -0.39 is 8.07 Å². The van der Waals surface area contributed by atoms with Crippen molar-refractivity contribution in [1.82, 2.24) is 0 Å². The fourth-order valence-electron chi connectivity index (χ4n) is 6.17. The van der Waals surface area contributed by atoms with Gasteiger partial charge in [-0.2, -0.15) is 0 Å². The lowest BCUT2D eigenvalue weighted by atomic mass is 9.81. The molecule has 2 saturated carbocycles. The molecule has 0 N–H and O–H groups in total. The highest BCUT2D eigenvalue weighted by atomic mass is 28.3. The highest BCUT2D eigenvalue weighted by Crippen LogP contribution is 2.57. The predicted molar refractivity (Wildman–Crippen MR) is 103 cm³/mol. The van der Waals surface area contributed by atoms with E-state index in [9.17, 15) is 0 Å². The Labute approximate surface area is 143 Å². The molecule has 1 heteroatoms. The molecule has 0 aromatic carbocycles. The van der Waals surface area contributed by atoms with Crippen LogP contribution in [0.2, 0.25) is 25.2 Å². The molecule has 0 aromatic rings. The molecule has 124 valence electrons. The standard InChI is InChI=1S/C22H32Si/c1-23(2,3)22(20-14-12-16-8-4-6-10-18(16)20)21-15-13-17-9-5-7-11-19(17)21/h4-7,10-11,16-17,20-22H,8-9,12-15H2,1-3H3. The Hall–Kier alpha value is -0.823. The van der Waals surface area contributed by atoms with Crippen molar-refractivity contribution < 1.29 is 0 Å². The zero-order valence-corrected chi connectivity index (χ0v) is 16.1. The summed E-state index contributed by atoms with van der Waals surface area (Å²) in [4.78, 5) is 0. The molecule has 2 fully saturated rings. The van der Waals surface area contributed by atoms with Gasteiger partial charge in [0, 0.05) is 8.07 Å². The number of hydrogen-bond donors (Lipinski definition) is 0. The van der Waals surface area contributed by atoms with Crippen molar-refractivity contribution in [2.75, 3.05) is 0 Å². The molecule has 0 spiro atoms. The van der Waals surface area contributed by atoms with Gasteiger partial charge >= 0.3 is 0 Å². The molecule has 4 atom stereocenters. The third-order valence-electron chi connectivity index (χ3n) is 7.01. The molecule has 0 amide bonds. The van der Waals surface area contributed by atoms with Crippen molar-refractivity contribution >= 4 is 8.07 Å². The molecule has 0 nitrogen and oxygen atoms in total. The quantitative estimate of drug-likeness (QED) is 0.518. The van der Waals surface area contributed by atoms with Crippen molar-refractivity contribution in [3.8, 4) is 0 Å². The van der Waals surface area contributed by atoms with Crippen molar-refractivity contribution in [2.24, 2.45) is 23.7 Å². The second-order valence-electron chi connectivity index (χ2n) is 9.31. The summed E-state index contributed by atoms with van der Waals surface area (Å²) < 4.78 is 0. The van der Waals surface area contributed by atoms with E-state index in [2.05, 4.69) is 56.1 Å². The topological polar surface area (TPSA) is 0 Å². The average Bonchev–Trinajstić information content (AvgIpc) is 3.12. The van der Waals surface area contributed by atoms with E-state index in [0.29, 0.717) is 0 Å². The fourth-order valence-corrected chi connectivity index (χ4v) is 9.30. The van der Waals surface area contributed by atoms with Crippen molar-refractivity contribution in [3.63, 3.8) is 0 Å². The normalized spacial score (nSPS) is 37.2. The van der Waals surface area contributed by atoms with Crippen LogP contribution in [0.25, 0.3) is 0 Å². The molecule has 0 aromatic heterocycles. The minimum atomic E-state index is -1.20. The molecule has 4 unspecified atom stereocenters. The lowest BCUT2D eigenvalue weighted by molar-refractivity contribution is 0.446. The number of allylic oxidation sites excluding steroid dienone is 8. The molecule has 0 aliphatic heterocycles. The Kier molecular flexibility index (Phi) is 4.04. The lowest BCUT2D eigenvalue weighted by Gasteiger charge is -2.41. The summed E-state index contributed by atoms with van der Waals surface area (Å²) >= 11 is 0. The number of rotatable bonds is 3. The summed E-state index contributed by atoms with van der Waals surface area (Å²) in [5.74, 6) is 3.52. The first-order valence-electron chi connectivity index (χ1n) is 9.79. The van der Waals surface area contributed by atoms with Gasteiger partial charge in [0.25, 0.3) is 0 Å². The van der Waals surface area contributed by atoms with Gasteiger partial charge in [-0.1, -0.05) is 67.2 Å². The minimum Gasteiger partial charge on any atom is -0.0839 e. The second-order valence-corrected chi connectivity index (χ2v) is 14.7. The highest BCUT2D eigenvalue weighted by Gasteiger charge is 2.48. The summed E-state index contributed by atoms with van der Waals surface area (Å²) in [6, 6.07) is 0. The van der Waals surface area contributed by atoms with Crippen LogP contribution in [0.1, 0.15) is 38.5 Å². The van der Waals surface area contributed by atoms with E-state index >= 15 is 0 Å². The first-order valence-corrected chi connectivity index (χ1v) is 13.4. The molecule has 4 aliphatic carbocycles. The van der Waals surface area contributed by atoms with E-state index in [1.165, 1.54) is 38.5 Å². The van der Waals surface area contributed by atoms with Gasteiger partial charge in [-0.15, -0.1) is 0 Å². The van der Waals surface area contributed by atoms with Gasteiger partial charge in [0.2, 0.25) is 0 Å². The Morgan fingerprint density at radius 2 is 1.26 bits per heavy atom. The highest BCUT2D eigenvalue weighted by molar-refractivity contribution is 6.77. The summed E-state index contributed by atoms with van der Waals surface area (Å²) in [6.45, 7) is 7.91. The number of fused-ring (bicyclic) bond motifs is 2. The van der Waals surface area contributed by atoms with Crippen LogP contribution in [-0.2, 0) is 0 Å². The first kappa shape index (κ1) is 15.7. The Bertz CT molecular complexity index is 538. The van der Waals surface area contributed by atoms with Gasteiger partial charge in [-0.05, 0) is 67.7 Å². The van der Waals surface area contributed by atoms with Crippen molar-refractivity contribution in [1.29, 1.82) is 0 Å². The van der Waals surface area contributed by atoms with Gasteiger partial charge in [0.05, 0.1) is 0 Å². The van der Waals surface area contributed by atoms with Crippen LogP contribution in [0.15, 0.2) is 47.6 Å². The molecule has 23 heavy (non-hydrogen) atoms. The van der Waals surface area contributed by atoms with E-state index in [1.807, 2.05) is 11.1 Å². The Morgan fingerprint density at radius 1 is 0.783 bits per heavy atom. The monoisotopic (exact) mass is 324 g/mol. The molecule has 0 bridgehead atoms. The summed E-state index contributed by atoms with van der Waals surface area (Å²) in [5.41, 5.74) is 4.61. The van der Waals surface area contributed by atoms with Crippen molar-refractivity contribution in [3.05, 3.63) is 47.6 Å². The molecular weight excluding hydrogens is 292 g/mol. The minimum absolute atomic E-state index is 0.876.